The van der Waals surface area contributed by atoms with Crippen molar-refractivity contribution in [2.24, 2.45) is 4.99 Å². The third kappa shape index (κ3) is 7.40. The summed E-state index contributed by atoms with van der Waals surface area (Å²) in [6.45, 7) is 4.70. The van der Waals surface area contributed by atoms with E-state index in [1.165, 1.54) is 4.88 Å². The molecule has 2 heterocycles. The van der Waals surface area contributed by atoms with Gasteiger partial charge in [-0.05, 0) is 37.0 Å². The zero-order chi connectivity index (χ0) is 21.4. The van der Waals surface area contributed by atoms with Crippen LogP contribution in [0.3, 0.4) is 0 Å². The Labute approximate surface area is 206 Å². The minimum absolute atomic E-state index is 0. The number of nitrogens with zero attached hydrogens (tertiary/aromatic N) is 3. The molecule has 1 aliphatic heterocycles. The van der Waals surface area contributed by atoms with Gasteiger partial charge < -0.3 is 10.6 Å². The van der Waals surface area contributed by atoms with Crippen molar-refractivity contribution in [1.82, 2.24) is 19.9 Å². The van der Waals surface area contributed by atoms with E-state index in [0.717, 1.165) is 49.2 Å². The summed E-state index contributed by atoms with van der Waals surface area (Å²) >= 11 is 1.75. The number of thiazole rings is 1. The molecular formula is C21H32IN5O2S2. The normalized spacial score (nSPS) is 15.4. The number of halogens is 1. The third-order valence-corrected chi connectivity index (χ3v) is 8.26. The molecule has 31 heavy (non-hydrogen) atoms. The summed E-state index contributed by atoms with van der Waals surface area (Å²) in [5.41, 5.74) is 1.00. The molecule has 0 aliphatic carbocycles. The van der Waals surface area contributed by atoms with Crippen molar-refractivity contribution in [3.05, 3.63) is 45.9 Å². The van der Waals surface area contributed by atoms with E-state index in [4.69, 9.17) is 0 Å². The van der Waals surface area contributed by atoms with Gasteiger partial charge in [-0.3, -0.25) is 4.99 Å². The lowest BCUT2D eigenvalue weighted by atomic mass is 10.2. The first-order valence-corrected chi connectivity index (χ1v) is 12.8. The average molecular weight is 578 g/mol. The SMILES string of the molecule is CCc1cnc(CCNC(=NC)NCc2ccc(S(=O)(=O)N3CCCCC3)cc2)s1.I. The quantitative estimate of drug-likeness (QED) is 0.286. The van der Waals surface area contributed by atoms with Crippen molar-refractivity contribution in [2.75, 3.05) is 26.7 Å². The zero-order valence-corrected chi connectivity index (χ0v) is 22.1. The molecule has 0 radical (unpaired) electrons. The maximum atomic E-state index is 12.7. The molecule has 0 bridgehead atoms. The second-order valence-electron chi connectivity index (χ2n) is 7.29. The highest BCUT2D eigenvalue weighted by molar-refractivity contribution is 14.0. The van der Waals surface area contributed by atoms with Gasteiger partial charge in [0.25, 0.3) is 0 Å². The van der Waals surface area contributed by atoms with Crippen LogP contribution < -0.4 is 10.6 Å². The maximum absolute atomic E-state index is 12.7. The van der Waals surface area contributed by atoms with Crippen molar-refractivity contribution in [3.63, 3.8) is 0 Å². The number of hydrogen-bond acceptors (Lipinski definition) is 5. The van der Waals surface area contributed by atoms with E-state index in [-0.39, 0.29) is 24.0 Å². The van der Waals surface area contributed by atoms with Crippen LogP contribution in [0.1, 0.15) is 41.6 Å². The summed E-state index contributed by atoms with van der Waals surface area (Å²) in [7, 11) is -1.64. The van der Waals surface area contributed by atoms with Crippen LogP contribution in [0.25, 0.3) is 0 Å². The predicted octanol–water partition coefficient (Wildman–Crippen LogP) is 3.41. The van der Waals surface area contributed by atoms with E-state index in [1.54, 1.807) is 34.8 Å². The number of aliphatic imine (C=N–C) groups is 1. The van der Waals surface area contributed by atoms with Crippen molar-refractivity contribution in [1.29, 1.82) is 0 Å². The number of sulfonamides is 1. The molecule has 0 saturated carbocycles. The van der Waals surface area contributed by atoms with Gasteiger partial charge in [0.15, 0.2) is 5.96 Å². The Morgan fingerprint density at radius 2 is 1.87 bits per heavy atom. The van der Waals surface area contributed by atoms with E-state index >= 15 is 0 Å². The fourth-order valence-corrected chi connectivity index (χ4v) is 5.73. The van der Waals surface area contributed by atoms with Crippen LogP contribution in [-0.2, 0) is 29.4 Å². The molecule has 0 atom stereocenters. The molecule has 172 valence electrons. The summed E-state index contributed by atoms with van der Waals surface area (Å²) in [4.78, 5) is 10.3. The van der Waals surface area contributed by atoms with Gasteiger partial charge in [0.05, 0.1) is 9.90 Å². The van der Waals surface area contributed by atoms with Crippen LogP contribution in [-0.4, -0.2) is 50.3 Å². The van der Waals surface area contributed by atoms with E-state index in [9.17, 15) is 8.42 Å². The Kier molecular flexibility index (Phi) is 10.7. The van der Waals surface area contributed by atoms with Crippen LogP contribution in [0, 0.1) is 0 Å². The molecule has 1 saturated heterocycles. The molecule has 1 aliphatic rings. The first kappa shape index (κ1) is 26.0. The van der Waals surface area contributed by atoms with E-state index in [0.29, 0.717) is 30.5 Å². The average Bonchev–Trinajstić information content (AvgIpc) is 3.25. The van der Waals surface area contributed by atoms with Crippen molar-refractivity contribution < 1.29 is 8.42 Å². The van der Waals surface area contributed by atoms with Crippen molar-refractivity contribution in [2.45, 2.75) is 50.5 Å². The fourth-order valence-electron chi connectivity index (χ4n) is 3.35. The lowest BCUT2D eigenvalue weighted by molar-refractivity contribution is 0.346. The van der Waals surface area contributed by atoms with Crippen LogP contribution in [0.2, 0.25) is 0 Å². The van der Waals surface area contributed by atoms with E-state index < -0.39 is 10.0 Å². The second kappa shape index (κ2) is 12.7. The molecule has 2 N–H and O–H groups in total. The first-order valence-electron chi connectivity index (χ1n) is 10.5. The van der Waals surface area contributed by atoms with Crippen molar-refractivity contribution >= 4 is 51.3 Å². The molecule has 10 heteroatoms. The Balaban J connectivity index is 0.00000341. The third-order valence-electron chi connectivity index (χ3n) is 5.14. The summed E-state index contributed by atoms with van der Waals surface area (Å²) in [6.07, 6.45) is 6.81. The van der Waals surface area contributed by atoms with Gasteiger partial charge >= 0.3 is 0 Å². The van der Waals surface area contributed by atoms with Gasteiger partial charge in [-0.25, -0.2) is 13.4 Å². The van der Waals surface area contributed by atoms with Gasteiger partial charge in [0, 0.05) is 50.7 Å². The summed E-state index contributed by atoms with van der Waals surface area (Å²) < 4.78 is 27.1. The van der Waals surface area contributed by atoms with Crippen LogP contribution in [0.15, 0.2) is 40.4 Å². The molecule has 1 fully saturated rings. The molecule has 0 spiro atoms. The summed E-state index contributed by atoms with van der Waals surface area (Å²) in [5, 5.41) is 7.69. The maximum Gasteiger partial charge on any atom is 0.243 e. The number of rotatable bonds is 8. The molecule has 1 aromatic carbocycles. The molecule has 3 rings (SSSR count). The Bertz CT molecular complexity index is 939. The van der Waals surface area contributed by atoms with Crippen molar-refractivity contribution in [3.8, 4) is 0 Å². The predicted molar refractivity (Wildman–Crippen MR) is 138 cm³/mol. The Hall–Kier alpha value is -1.24. The molecule has 0 unspecified atom stereocenters. The number of piperidine rings is 1. The molecule has 7 nitrogen and oxygen atoms in total. The highest BCUT2D eigenvalue weighted by atomic mass is 127. The number of hydrogen-bond donors (Lipinski definition) is 2. The van der Waals surface area contributed by atoms with Crippen LogP contribution >= 0.6 is 35.3 Å². The monoisotopic (exact) mass is 577 g/mol. The van der Waals surface area contributed by atoms with E-state index in [2.05, 4.69) is 27.5 Å². The van der Waals surface area contributed by atoms with Gasteiger partial charge in [-0.15, -0.1) is 35.3 Å². The fraction of sp³-hybridized carbons (Fsp3) is 0.524. The first-order chi connectivity index (χ1) is 14.5. The summed E-state index contributed by atoms with van der Waals surface area (Å²) in [5.74, 6) is 0.715. The number of nitrogens with one attached hydrogen (secondary N) is 2. The number of benzene rings is 1. The van der Waals surface area contributed by atoms with Crippen LogP contribution in [0.4, 0.5) is 0 Å². The largest absolute Gasteiger partial charge is 0.356 e. The van der Waals surface area contributed by atoms with Gasteiger partial charge in [0.2, 0.25) is 10.0 Å². The van der Waals surface area contributed by atoms with Gasteiger partial charge in [-0.1, -0.05) is 25.5 Å². The van der Waals surface area contributed by atoms with Gasteiger partial charge in [0.1, 0.15) is 0 Å². The topological polar surface area (TPSA) is 86.7 Å². The summed E-state index contributed by atoms with van der Waals surface area (Å²) in [6, 6.07) is 7.12. The second-order valence-corrected chi connectivity index (χ2v) is 10.4. The Morgan fingerprint density at radius 1 is 1.16 bits per heavy atom. The molecule has 1 aromatic heterocycles. The lowest BCUT2D eigenvalue weighted by Crippen LogP contribution is -2.37. The van der Waals surface area contributed by atoms with E-state index in [1.807, 2.05) is 18.3 Å². The minimum atomic E-state index is -3.38. The number of guanidine groups is 1. The molecular weight excluding hydrogens is 545 g/mol. The zero-order valence-electron chi connectivity index (χ0n) is 18.1. The molecule has 0 amide bonds. The van der Waals surface area contributed by atoms with Crippen LogP contribution in [0.5, 0.6) is 0 Å². The lowest BCUT2D eigenvalue weighted by Gasteiger charge is -2.25. The highest BCUT2D eigenvalue weighted by Gasteiger charge is 2.25. The number of aryl methyl sites for hydroxylation is 1. The standard InChI is InChI=1S/C21H31N5O2S2.HI/c1-3-18-16-24-20(29-18)11-12-23-21(22-2)25-15-17-7-9-19(10-8-17)30(27,28)26-13-5-4-6-14-26;/h7-10,16H,3-6,11-15H2,1-2H3,(H2,22,23,25);1H. The highest BCUT2D eigenvalue weighted by Crippen LogP contribution is 2.20. The molecule has 2 aromatic rings. The van der Waals surface area contributed by atoms with Gasteiger partial charge in [-0.2, -0.15) is 4.31 Å². The Morgan fingerprint density at radius 3 is 2.48 bits per heavy atom. The number of aromatic nitrogens is 1. The smallest absolute Gasteiger partial charge is 0.243 e. The minimum Gasteiger partial charge on any atom is -0.356 e.